The summed E-state index contributed by atoms with van der Waals surface area (Å²) in [5.41, 5.74) is 6.58. The highest BCUT2D eigenvalue weighted by Crippen LogP contribution is 2.24. The van der Waals surface area contributed by atoms with Crippen LogP contribution in [-0.2, 0) is 83.1 Å². The average molecular weight is 1350 g/mol. The number of nitrogens with one attached hydrogen (secondary N) is 13. The monoisotopic (exact) mass is 1350 g/mol. The van der Waals surface area contributed by atoms with Crippen molar-refractivity contribution in [2.45, 2.75) is 94.2 Å². The fourth-order valence-corrected chi connectivity index (χ4v) is 11.5. The van der Waals surface area contributed by atoms with Crippen LogP contribution in [0.4, 0.5) is 4.39 Å². The minimum absolute atomic E-state index is 0.0544. The Hall–Kier alpha value is -8.61. The maximum atomic E-state index is 14.4. The number of carboxylic acid groups (broad SMARTS) is 1. The highest BCUT2D eigenvalue weighted by atomic mass is 33.1. The van der Waals surface area contributed by atoms with Gasteiger partial charge in [-0.3, -0.25) is 67.7 Å². The van der Waals surface area contributed by atoms with Gasteiger partial charge in [-0.15, -0.1) is 11.8 Å². The number of ether oxygens (including phenoxy) is 2. The highest BCUT2D eigenvalue weighted by Gasteiger charge is 2.35. The molecule has 7 atom stereocenters. The number of hydrogen-bond donors (Lipinski definition) is 15. The van der Waals surface area contributed by atoms with Crippen molar-refractivity contribution >= 4 is 122 Å². The lowest BCUT2D eigenvalue weighted by molar-refractivity contribution is -0.141. The number of rotatable bonds is 28. The molecule has 0 aromatic heterocycles. The van der Waals surface area contributed by atoms with Gasteiger partial charge in [-0.1, -0.05) is 69.2 Å². The Kier molecular flexibility index (Phi) is 35.0. The van der Waals surface area contributed by atoms with Crippen molar-refractivity contribution in [3.05, 3.63) is 71.5 Å². The molecule has 2 aromatic carbocycles. The van der Waals surface area contributed by atoms with Gasteiger partial charge >= 0.3 is 5.97 Å². The molecule has 2 saturated heterocycles. The molecule has 2 aliphatic rings. The maximum absolute atomic E-state index is 14.4. The van der Waals surface area contributed by atoms with Crippen molar-refractivity contribution in [2.75, 3.05) is 88.8 Å². The van der Waals surface area contributed by atoms with Crippen LogP contribution in [0.1, 0.15) is 56.6 Å². The summed E-state index contributed by atoms with van der Waals surface area (Å²) in [5.74, 6) is -12.9. The molecule has 16 N–H and O–H groups in total. The zero-order chi connectivity index (χ0) is 67.2. The SMILES string of the molecule is CC(=O)[C@@H]1CSCC(=O)N[C@@H](CCCCNC(=O)COCC(=O)NCCOCCNC(=O)CO/N=C/c2ccc([18F])cc2)C(=O)N[C@H]2CSSC[C@H](NC(=O)[C@H](CC(=O)O)NC(=O)CNC(=O)[C@H](CCCNC(=N)N)NC2=O)C(=O)N[C@@H](Cc2ccccc2)C(=O)N1. The predicted octanol–water partition coefficient (Wildman–Crippen LogP) is -4.05. The molecule has 2 aliphatic heterocycles. The van der Waals surface area contributed by atoms with Crippen molar-refractivity contribution < 1.29 is 86.1 Å². The number of ketones is 1. The summed E-state index contributed by atoms with van der Waals surface area (Å²) in [5, 5.41) is 51.5. The fraction of sp³-hybridized carbons (Fsp3) is 0.518. The maximum Gasteiger partial charge on any atom is 0.305 e. The summed E-state index contributed by atoms with van der Waals surface area (Å²) in [6, 6.07) is 3.73. The summed E-state index contributed by atoms with van der Waals surface area (Å²) in [7, 11) is 1.82. The van der Waals surface area contributed by atoms with Crippen LogP contribution in [0.2, 0.25) is 0 Å². The second kappa shape index (κ2) is 42.4. The van der Waals surface area contributed by atoms with Gasteiger partial charge in [0.25, 0.3) is 5.91 Å². The number of aliphatic carboxylic acids is 1. The van der Waals surface area contributed by atoms with Crippen LogP contribution in [0.25, 0.3) is 0 Å². The van der Waals surface area contributed by atoms with Gasteiger partial charge in [0.1, 0.15) is 55.3 Å². The van der Waals surface area contributed by atoms with Crippen LogP contribution in [0, 0.1) is 11.2 Å². The number of nitrogens with zero attached hydrogens (tertiary/aromatic N) is 1. The quantitative estimate of drug-likeness (QED) is 0.0127. The van der Waals surface area contributed by atoms with E-state index < -0.39 is 151 Å². The number of carbonyl (C=O) groups excluding carboxylic acids is 12. The molecule has 2 fully saturated rings. The van der Waals surface area contributed by atoms with Crippen molar-refractivity contribution in [1.82, 2.24) is 63.8 Å². The van der Waals surface area contributed by atoms with Crippen LogP contribution in [0.5, 0.6) is 0 Å². The van der Waals surface area contributed by atoms with Crippen LogP contribution in [-0.4, -0.2) is 225 Å². The summed E-state index contributed by atoms with van der Waals surface area (Å²) in [6.45, 7) is -0.370. The molecule has 4 rings (SSSR count). The van der Waals surface area contributed by atoms with E-state index >= 15 is 0 Å². The van der Waals surface area contributed by atoms with Crippen molar-refractivity contribution in [1.29, 1.82) is 5.41 Å². The van der Waals surface area contributed by atoms with E-state index in [1.807, 2.05) is 0 Å². The highest BCUT2D eigenvalue weighted by molar-refractivity contribution is 8.76. The first kappa shape index (κ1) is 75.8. The third-order valence-electron chi connectivity index (χ3n) is 13.0. The van der Waals surface area contributed by atoms with Gasteiger partial charge < -0.3 is 89.0 Å². The molecular formula is C56H78FN15O17S3. The number of carboxylic acids is 1. The average Bonchev–Trinajstić information content (AvgIpc) is 2.56. The van der Waals surface area contributed by atoms with Crippen LogP contribution >= 0.6 is 33.3 Å². The van der Waals surface area contributed by atoms with Gasteiger partial charge in [-0.25, -0.2) is 4.39 Å². The van der Waals surface area contributed by atoms with E-state index in [1.54, 1.807) is 30.3 Å². The Bertz CT molecular complexity index is 2890. The number of fused-ring (bicyclic) bond motifs is 5. The van der Waals surface area contributed by atoms with Crippen molar-refractivity contribution in [2.24, 2.45) is 10.9 Å². The number of Topliss-reactive ketones (excluding diaryl/α,β-unsaturated/α-hetero) is 1. The third-order valence-corrected chi connectivity index (χ3v) is 16.4. The predicted molar refractivity (Wildman–Crippen MR) is 335 cm³/mol. The van der Waals surface area contributed by atoms with Gasteiger partial charge in [-0.05, 0) is 62.3 Å². The molecule has 2 bridgehead atoms. The van der Waals surface area contributed by atoms with Crippen molar-refractivity contribution in [3.8, 4) is 0 Å². The molecule has 0 spiro atoms. The van der Waals surface area contributed by atoms with E-state index in [-0.39, 0.29) is 113 Å². The van der Waals surface area contributed by atoms with E-state index in [1.165, 1.54) is 37.4 Å². The summed E-state index contributed by atoms with van der Waals surface area (Å²) < 4.78 is 23.6. The van der Waals surface area contributed by atoms with Crippen LogP contribution in [0.15, 0.2) is 59.8 Å². The Balaban J connectivity index is 1.44. The van der Waals surface area contributed by atoms with Gasteiger partial charge in [-0.2, -0.15) is 0 Å². The van der Waals surface area contributed by atoms with E-state index in [0.29, 0.717) is 11.1 Å². The normalized spacial score (nSPS) is 20.9. The van der Waals surface area contributed by atoms with E-state index in [2.05, 4.69) is 69.0 Å². The summed E-state index contributed by atoms with van der Waals surface area (Å²) >= 11 is 0.929. The molecule has 11 amide bonds. The molecule has 36 heteroatoms. The number of halogens is 1. The van der Waals surface area contributed by atoms with Gasteiger partial charge in [0, 0.05) is 49.9 Å². The largest absolute Gasteiger partial charge is 0.481 e. The zero-order valence-electron chi connectivity index (χ0n) is 50.3. The number of thioether (sulfide) groups is 1. The summed E-state index contributed by atoms with van der Waals surface area (Å²) in [4.78, 5) is 179. The number of guanidine groups is 1. The van der Waals surface area contributed by atoms with E-state index in [4.69, 9.17) is 25.5 Å². The number of unbranched alkanes of at least 4 members (excludes halogenated alkanes) is 1. The van der Waals surface area contributed by atoms with Gasteiger partial charge in [0.15, 0.2) is 18.3 Å². The first-order chi connectivity index (χ1) is 44.1. The molecule has 2 aromatic rings. The smallest absolute Gasteiger partial charge is 0.305 e. The number of nitrogens with two attached hydrogens (primary N) is 1. The molecule has 0 saturated carbocycles. The summed E-state index contributed by atoms with van der Waals surface area (Å²) in [6.07, 6.45) is 0.588. The van der Waals surface area contributed by atoms with Gasteiger partial charge in [0.05, 0.1) is 44.2 Å². The molecular weight excluding hydrogens is 1270 g/mol. The minimum Gasteiger partial charge on any atom is -0.481 e. The number of benzene rings is 2. The number of hydrogen-bond acceptors (Lipinski definition) is 21. The first-order valence-electron chi connectivity index (χ1n) is 29.0. The third kappa shape index (κ3) is 31.4. The Morgan fingerprint density at radius 3 is 1.80 bits per heavy atom. The molecule has 0 aliphatic carbocycles. The Labute approximate surface area is 540 Å². The Morgan fingerprint density at radius 2 is 1.18 bits per heavy atom. The molecule has 2 heterocycles. The molecule has 504 valence electrons. The second-order valence-electron chi connectivity index (χ2n) is 20.4. The lowest BCUT2D eigenvalue weighted by Gasteiger charge is -2.27. The molecule has 92 heavy (non-hydrogen) atoms. The molecule has 0 unspecified atom stereocenters. The lowest BCUT2D eigenvalue weighted by atomic mass is 10.0. The number of amides is 11. The number of carbonyl (C=O) groups is 13. The molecule has 32 nitrogen and oxygen atoms in total. The standard InChI is InChI=1S/C56H78FN15O17S3/c1-33(73)41-29-90-32-48(78)66-38(10-5-6-16-60-45(75)26-88-27-46(76)61-18-20-87-21-19-62-47(77)28-89-65-24-35-12-14-36(57)15-13-35)51(82)71-42-30-91-92-31-43(55(86)69-39(52(83)70-41)22-34-8-3-2-4-9-34)72-53(84)40(23-49(79)80)67-44(74)25-64-50(81)37(68-54(42)85)11-7-17-63-56(58)59/h2-4,8-9,12-15,24,37-43H,5-7,10-11,16-23,25-32H2,1H3,(H,60,75)(H,61,76)(H,62,77)(H,64,81)(H,66,78)(H,67,74)(H,68,85)(H,69,86)(H,70,83)(H,71,82)(H,72,84)(H,79,80)(H4,58,59,63)/b65-24+/t37-,38-,39-,40-,41-,42-,43-/m0/s1/i57-1. The minimum atomic E-state index is -1.80. The van der Waals surface area contributed by atoms with Crippen LogP contribution < -0.4 is 69.5 Å². The van der Waals surface area contributed by atoms with E-state index in [9.17, 15) is 71.8 Å². The second-order valence-corrected chi connectivity index (χ2v) is 24.0. The topological polar surface area (TPSA) is 476 Å². The van der Waals surface area contributed by atoms with E-state index in [0.717, 1.165) is 33.3 Å². The zero-order valence-corrected chi connectivity index (χ0v) is 52.7. The number of oxime groups is 1. The fourth-order valence-electron chi connectivity index (χ4n) is 8.23. The molecule has 0 radical (unpaired) electrons. The van der Waals surface area contributed by atoms with Crippen LogP contribution in [0.3, 0.4) is 0 Å². The first-order valence-corrected chi connectivity index (χ1v) is 32.6. The Morgan fingerprint density at radius 1 is 0.630 bits per heavy atom. The lowest BCUT2D eigenvalue weighted by Crippen LogP contribution is -2.59. The van der Waals surface area contributed by atoms with Crippen molar-refractivity contribution in [3.63, 3.8) is 0 Å². The van der Waals surface area contributed by atoms with Gasteiger partial charge in [0.2, 0.25) is 59.1 Å².